The molecule has 0 bridgehead atoms. The Hall–Kier alpha value is -3.23. The van der Waals surface area contributed by atoms with Crippen LogP contribution in [0.1, 0.15) is 64.1 Å². The quantitative estimate of drug-likeness (QED) is 0.282. The summed E-state index contributed by atoms with van der Waals surface area (Å²) in [6, 6.07) is 8.91. The number of hydrogen-bond donors (Lipinski definition) is 0. The summed E-state index contributed by atoms with van der Waals surface area (Å²) in [6.45, 7) is 1.97. The molecule has 0 radical (unpaired) electrons. The van der Waals surface area contributed by atoms with Crippen LogP contribution in [-0.4, -0.2) is 15.8 Å². The minimum absolute atomic E-state index is 0.121. The zero-order chi connectivity index (χ0) is 24.2. The van der Waals surface area contributed by atoms with E-state index >= 15 is 0 Å². The molecule has 3 rings (SSSR count). The van der Waals surface area contributed by atoms with Crippen molar-refractivity contribution in [3.63, 3.8) is 0 Å². The Morgan fingerprint density at radius 3 is 2.15 bits per heavy atom. The molecule has 0 saturated carbocycles. The van der Waals surface area contributed by atoms with E-state index in [1.54, 1.807) is 12.1 Å². The first-order valence-corrected chi connectivity index (χ1v) is 10.2. The first kappa shape index (κ1) is 24.4. The van der Waals surface area contributed by atoms with Crippen molar-refractivity contribution >= 4 is 5.78 Å². The molecule has 0 spiro atoms. The van der Waals surface area contributed by atoms with Gasteiger partial charge >= 0.3 is 12.4 Å². The summed E-state index contributed by atoms with van der Waals surface area (Å²) in [4.78, 5) is 21.0. The van der Waals surface area contributed by atoms with E-state index in [-0.39, 0.29) is 11.1 Å². The van der Waals surface area contributed by atoms with Crippen molar-refractivity contribution in [3.8, 4) is 0 Å². The van der Waals surface area contributed by atoms with Gasteiger partial charge in [0.2, 0.25) is 0 Å². The van der Waals surface area contributed by atoms with Gasteiger partial charge in [-0.05, 0) is 48.4 Å². The largest absolute Gasteiger partial charge is 0.418 e. The highest BCUT2D eigenvalue weighted by Gasteiger charge is 2.37. The lowest BCUT2D eigenvalue weighted by molar-refractivity contribution is -0.139. The van der Waals surface area contributed by atoms with Crippen molar-refractivity contribution < 1.29 is 31.1 Å². The number of aromatic nitrogens is 2. The Morgan fingerprint density at radius 1 is 0.909 bits per heavy atom. The van der Waals surface area contributed by atoms with Crippen LogP contribution in [-0.2, 0) is 18.8 Å². The third-order valence-electron chi connectivity index (χ3n) is 5.16. The van der Waals surface area contributed by atoms with Gasteiger partial charge in [-0.25, -0.2) is 0 Å². The molecule has 1 atom stereocenters. The fourth-order valence-electron chi connectivity index (χ4n) is 3.51. The molecule has 0 aliphatic rings. The average molecular weight is 466 g/mol. The highest BCUT2D eigenvalue weighted by molar-refractivity contribution is 5.96. The zero-order valence-corrected chi connectivity index (χ0v) is 17.5. The second kappa shape index (κ2) is 9.72. The third kappa shape index (κ3) is 5.97. The average Bonchev–Trinajstić information content (AvgIpc) is 2.77. The molecule has 3 nitrogen and oxygen atoms in total. The second-order valence-electron chi connectivity index (χ2n) is 7.52. The molecule has 0 aliphatic heterocycles. The Kier molecular flexibility index (Phi) is 7.19. The van der Waals surface area contributed by atoms with Gasteiger partial charge < -0.3 is 0 Å². The predicted molar refractivity (Wildman–Crippen MR) is 110 cm³/mol. The van der Waals surface area contributed by atoms with Crippen molar-refractivity contribution in [3.05, 3.63) is 94.6 Å². The van der Waals surface area contributed by atoms with Gasteiger partial charge in [0, 0.05) is 36.0 Å². The fraction of sp³-hybridized carbons (Fsp3) is 0.292. The number of halogens is 6. The van der Waals surface area contributed by atoms with Gasteiger partial charge in [-0.1, -0.05) is 25.5 Å². The van der Waals surface area contributed by atoms with Crippen LogP contribution in [0, 0.1) is 0 Å². The fourth-order valence-corrected chi connectivity index (χ4v) is 3.51. The molecule has 0 fully saturated rings. The Balaban J connectivity index is 2.02. The van der Waals surface area contributed by atoms with E-state index in [4.69, 9.17) is 0 Å². The van der Waals surface area contributed by atoms with Crippen LogP contribution in [0.3, 0.4) is 0 Å². The summed E-state index contributed by atoms with van der Waals surface area (Å²) in [5.41, 5.74) is -1.30. The van der Waals surface area contributed by atoms with E-state index in [2.05, 4.69) is 9.97 Å². The molecule has 2 aromatic heterocycles. The standard InChI is InChI=1S/C24H20F6N2O/c1-2-4-18-11-8-16(14-32-18)21(33)13-19(15-6-9-17(10-7-15)23(25,26)27)22-20(24(28,29)30)5-3-12-31-22/h3,5-12,14,19H,2,4,13H2,1H3/t19-/m0/s1. The number of nitrogens with zero attached hydrogens (tertiary/aromatic N) is 2. The number of ketones is 1. The number of rotatable bonds is 7. The van der Waals surface area contributed by atoms with Crippen molar-refractivity contribution in [2.45, 2.75) is 44.5 Å². The van der Waals surface area contributed by atoms with Crippen molar-refractivity contribution in [2.75, 3.05) is 0 Å². The molecule has 0 amide bonds. The van der Waals surface area contributed by atoms with Gasteiger partial charge in [-0.2, -0.15) is 26.3 Å². The lowest BCUT2D eigenvalue weighted by atomic mass is 9.86. The summed E-state index contributed by atoms with van der Waals surface area (Å²) < 4.78 is 79.8. The van der Waals surface area contributed by atoms with E-state index in [9.17, 15) is 31.1 Å². The van der Waals surface area contributed by atoms with E-state index in [1.807, 2.05) is 6.92 Å². The molecule has 2 heterocycles. The molecular formula is C24H20F6N2O. The summed E-state index contributed by atoms with van der Waals surface area (Å²) in [5.74, 6) is -1.69. The first-order chi connectivity index (χ1) is 15.5. The topological polar surface area (TPSA) is 42.9 Å². The van der Waals surface area contributed by atoms with Crippen LogP contribution in [0.4, 0.5) is 26.3 Å². The number of Topliss-reactive ketones (excluding diaryl/α,β-unsaturated/α-hetero) is 1. The van der Waals surface area contributed by atoms with Crippen LogP contribution in [0.5, 0.6) is 0 Å². The lowest BCUT2D eigenvalue weighted by Crippen LogP contribution is -2.17. The smallest absolute Gasteiger partial charge is 0.294 e. The van der Waals surface area contributed by atoms with Gasteiger partial charge in [0.15, 0.2) is 5.78 Å². The molecule has 3 aromatic rings. The van der Waals surface area contributed by atoms with Gasteiger partial charge in [0.25, 0.3) is 0 Å². The maximum absolute atomic E-state index is 13.6. The van der Waals surface area contributed by atoms with Gasteiger partial charge in [0.1, 0.15) is 0 Å². The monoisotopic (exact) mass is 466 g/mol. The van der Waals surface area contributed by atoms with Gasteiger partial charge in [-0.3, -0.25) is 14.8 Å². The SMILES string of the molecule is CCCc1ccc(C(=O)C[C@@H](c2ccc(C(F)(F)F)cc2)c2ncccc2C(F)(F)F)cn1. The van der Waals surface area contributed by atoms with Crippen LogP contribution < -0.4 is 0 Å². The summed E-state index contributed by atoms with van der Waals surface area (Å²) >= 11 is 0. The molecule has 1 aromatic carbocycles. The minimum Gasteiger partial charge on any atom is -0.294 e. The molecule has 0 saturated heterocycles. The Morgan fingerprint density at radius 2 is 1.61 bits per heavy atom. The number of alkyl halides is 6. The number of hydrogen-bond acceptors (Lipinski definition) is 3. The molecule has 0 aliphatic carbocycles. The number of pyridine rings is 2. The first-order valence-electron chi connectivity index (χ1n) is 10.2. The zero-order valence-electron chi connectivity index (χ0n) is 17.5. The molecule has 0 N–H and O–H groups in total. The molecule has 0 unspecified atom stereocenters. The molecule has 33 heavy (non-hydrogen) atoms. The van der Waals surface area contributed by atoms with E-state index in [0.717, 1.165) is 54.7 Å². The van der Waals surface area contributed by atoms with Crippen LogP contribution in [0.15, 0.2) is 60.9 Å². The summed E-state index contributed by atoms with van der Waals surface area (Å²) in [7, 11) is 0. The van der Waals surface area contributed by atoms with E-state index in [0.29, 0.717) is 6.42 Å². The molecule has 174 valence electrons. The summed E-state index contributed by atoms with van der Waals surface area (Å²) in [6.07, 6.45) is -5.67. The lowest BCUT2D eigenvalue weighted by Gasteiger charge is -2.21. The molecule has 9 heteroatoms. The molecular weight excluding hydrogens is 446 g/mol. The van der Waals surface area contributed by atoms with Crippen LogP contribution >= 0.6 is 0 Å². The normalized spacial score (nSPS) is 13.1. The van der Waals surface area contributed by atoms with Gasteiger partial charge in [-0.15, -0.1) is 0 Å². The minimum atomic E-state index is -4.75. The maximum Gasteiger partial charge on any atom is 0.418 e. The highest BCUT2D eigenvalue weighted by atomic mass is 19.4. The van der Waals surface area contributed by atoms with E-state index in [1.165, 1.54) is 6.20 Å². The van der Waals surface area contributed by atoms with Crippen LogP contribution in [0.2, 0.25) is 0 Å². The van der Waals surface area contributed by atoms with Crippen molar-refractivity contribution in [1.29, 1.82) is 0 Å². The van der Waals surface area contributed by atoms with E-state index < -0.39 is 47.3 Å². The Bertz CT molecular complexity index is 1090. The number of carbonyl (C=O) groups excluding carboxylic acids is 1. The van der Waals surface area contributed by atoms with Crippen LogP contribution in [0.25, 0.3) is 0 Å². The van der Waals surface area contributed by atoms with Gasteiger partial charge in [0.05, 0.1) is 16.8 Å². The number of carbonyl (C=O) groups is 1. The maximum atomic E-state index is 13.6. The predicted octanol–water partition coefficient (Wildman–Crippen LogP) is 6.87. The highest BCUT2D eigenvalue weighted by Crippen LogP contribution is 2.39. The number of aryl methyl sites for hydroxylation is 1. The summed E-state index contributed by atoms with van der Waals surface area (Å²) in [5, 5.41) is 0. The Labute approximate surface area is 186 Å². The van der Waals surface area contributed by atoms with Crippen molar-refractivity contribution in [2.24, 2.45) is 0 Å². The second-order valence-corrected chi connectivity index (χ2v) is 7.52. The number of benzene rings is 1. The third-order valence-corrected chi connectivity index (χ3v) is 5.16. The van der Waals surface area contributed by atoms with Crippen molar-refractivity contribution in [1.82, 2.24) is 9.97 Å².